The van der Waals surface area contributed by atoms with Crippen molar-refractivity contribution < 1.29 is 17.9 Å². The summed E-state index contributed by atoms with van der Waals surface area (Å²) in [6, 6.07) is 0.0299. The van der Waals surface area contributed by atoms with Crippen molar-refractivity contribution in [2.75, 3.05) is 13.2 Å². The van der Waals surface area contributed by atoms with E-state index in [4.69, 9.17) is 4.74 Å². The normalized spacial score (nSPS) is 26.5. The van der Waals surface area contributed by atoms with Crippen molar-refractivity contribution in [3.8, 4) is 0 Å². The summed E-state index contributed by atoms with van der Waals surface area (Å²) in [6.07, 6.45) is -1.15. The van der Waals surface area contributed by atoms with Crippen molar-refractivity contribution in [3.05, 3.63) is 0 Å². The number of rotatable bonds is 7. The Morgan fingerprint density at radius 3 is 2.61 bits per heavy atom. The molecule has 2 atom stereocenters. The van der Waals surface area contributed by atoms with Crippen LogP contribution in [0.15, 0.2) is 0 Å². The Morgan fingerprint density at radius 1 is 1.39 bits per heavy atom. The summed E-state index contributed by atoms with van der Waals surface area (Å²) in [5.41, 5.74) is -0.291. The Kier molecular flexibility index (Phi) is 5.92. The Hall–Kier alpha value is -0.290. The summed E-state index contributed by atoms with van der Waals surface area (Å²) in [7, 11) is 0. The summed E-state index contributed by atoms with van der Waals surface area (Å²) in [6.45, 7) is 5.62. The Morgan fingerprint density at radius 2 is 2.11 bits per heavy atom. The highest BCUT2D eigenvalue weighted by molar-refractivity contribution is 4.92. The molecule has 0 amide bonds. The van der Waals surface area contributed by atoms with Gasteiger partial charge in [-0.3, -0.25) is 0 Å². The number of nitrogens with one attached hydrogen (secondary N) is 1. The standard InChI is InChI=1S/C13H24F3NO/c1-3-9-17-11(6-4-8-13(14,15)16)12(2)7-5-10-18-12/h11,17H,3-10H2,1-2H3. The van der Waals surface area contributed by atoms with Gasteiger partial charge >= 0.3 is 6.18 Å². The second-order valence-corrected chi connectivity index (χ2v) is 5.28. The maximum Gasteiger partial charge on any atom is 0.389 e. The molecule has 1 saturated heterocycles. The highest BCUT2D eigenvalue weighted by Crippen LogP contribution is 2.32. The molecule has 0 aromatic carbocycles. The van der Waals surface area contributed by atoms with Crippen LogP contribution in [-0.2, 0) is 4.74 Å². The first-order chi connectivity index (χ1) is 8.37. The second-order valence-electron chi connectivity index (χ2n) is 5.28. The average Bonchev–Trinajstić information content (AvgIpc) is 2.69. The zero-order valence-electron chi connectivity index (χ0n) is 11.3. The minimum absolute atomic E-state index is 0.0299. The summed E-state index contributed by atoms with van der Waals surface area (Å²) in [4.78, 5) is 0. The van der Waals surface area contributed by atoms with E-state index in [1.807, 2.05) is 6.92 Å². The lowest BCUT2D eigenvalue weighted by Crippen LogP contribution is -2.48. The van der Waals surface area contributed by atoms with Gasteiger partial charge in [0, 0.05) is 19.1 Å². The summed E-state index contributed by atoms with van der Waals surface area (Å²) in [5.74, 6) is 0. The van der Waals surface area contributed by atoms with E-state index in [1.54, 1.807) is 0 Å². The van der Waals surface area contributed by atoms with E-state index in [0.717, 1.165) is 32.4 Å². The highest BCUT2D eigenvalue weighted by atomic mass is 19.4. The number of ether oxygens (including phenoxy) is 1. The van der Waals surface area contributed by atoms with Gasteiger partial charge in [0.25, 0.3) is 0 Å². The van der Waals surface area contributed by atoms with Crippen LogP contribution >= 0.6 is 0 Å². The van der Waals surface area contributed by atoms with Crippen LogP contribution in [0.1, 0.15) is 52.4 Å². The molecule has 0 spiro atoms. The number of halogens is 3. The van der Waals surface area contributed by atoms with Crippen molar-refractivity contribution in [2.45, 2.75) is 70.2 Å². The van der Waals surface area contributed by atoms with Gasteiger partial charge in [-0.2, -0.15) is 13.2 Å². The first-order valence-electron chi connectivity index (χ1n) is 6.81. The third kappa shape index (κ3) is 5.14. The van der Waals surface area contributed by atoms with E-state index in [2.05, 4.69) is 12.2 Å². The van der Waals surface area contributed by atoms with Crippen LogP contribution in [0.4, 0.5) is 13.2 Å². The minimum Gasteiger partial charge on any atom is -0.374 e. The largest absolute Gasteiger partial charge is 0.389 e. The van der Waals surface area contributed by atoms with E-state index in [0.29, 0.717) is 6.42 Å². The molecule has 1 aliphatic rings. The monoisotopic (exact) mass is 267 g/mol. The molecule has 1 N–H and O–H groups in total. The van der Waals surface area contributed by atoms with Crippen LogP contribution in [0.25, 0.3) is 0 Å². The molecule has 2 nitrogen and oxygen atoms in total. The van der Waals surface area contributed by atoms with Gasteiger partial charge in [0.1, 0.15) is 0 Å². The molecule has 108 valence electrons. The molecule has 5 heteroatoms. The van der Waals surface area contributed by atoms with Gasteiger partial charge in [0.15, 0.2) is 0 Å². The van der Waals surface area contributed by atoms with Crippen LogP contribution in [0, 0.1) is 0 Å². The predicted molar refractivity (Wildman–Crippen MR) is 65.6 cm³/mol. The molecule has 0 radical (unpaired) electrons. The molecule has 1 aliphatic heterocycles. The van der Waals surface area contributed by atoms with Crippen LogP contribution in [0.5, 0.6) is 0 Å². The van der Waals surface area contributed by atoms with Gasteiger partial charge in [0.2, 0.25) is 0 Å². The lowest BCUT2D eigenvalue weighted by Gasteiger charge is -2.34. The van der Waals surface area contributed by atoms with Crippen molar-refractivity contribution >= 4 is 0 Å². The lowest BCUT2D eigenvalue weighted by molar-refractivity contribution is -0.136. The molecule has 0 aliphatic carbocycles. The number of hydrogen-bond acceptors (Lipinski definition) is 2. The lowest BCUT2D eigenvalue weighted by atomic mass is 9.89. The van der Waals surface area contributed by atoms with Gasteiger partial charge in [0.05, 0.1) is 5.60 Å². The third-order valence-electron chi connectivity index (χ3n) is 3.58. The van der Waals surface area contributed by atoms with Gasteiger partial charge in [-0.1, -0.05) is 6.92 Å². The van der Waals surface area contributed by atoms with Gasteiger partial charge in [-0.05, 0) is 45.6 Å². The van der Waals surface area contributed by atoms with E-state index in [-0.39, 0.29) is 18.1 Å². The average molecular weight is 267 g/mol. The smallest absolute Gasteiger partial charge is 0.374 e. The fourth-order valence-corrected chi connectivity index (χ4v) is 2.52. The maximum absolute atomic E-state index is 12.2. The zero-order valence-corrected chi connectivity index (χ0v) is 11.3. The molecule has 1 heterocycles. The van der Waals surface area contributed by atoms with Crippen LogP contribution in [-0.4, -0.2) is 31.0 Å². The van der Waals surface area contributed by atoms with Crippen molar-refractivity contribution in [1.82, 2.24) is 5.32 Å². The van der Waals surface area contributed by atoms with Crippen molar-refractivity contribution in [1.29, 1.82) is 0 Å². The van der Waals surface area contributed by atoms with Gasteiger partial charge < -0.3 is 10.1 Å². The van der Waals surface area contributed by atoms with Crippen LogP contribution < -0.4 is 5.32 Å². The topological polar surface area (TPSA) is 21.3 Å². The van der Waals surface area contributed by atoms with E-state index in [1.165, 1.54) is 0 Å². The summed E-state index contributed by atoms with van der Waals surface area (Å²) in [5, 5.41) is 3.35. The fourth-order valence-electron chi connectivity index (χ4n) is 2.52. The minimum atomic E-state index is -4.05. The number of hydrogen-bond donors (Lipinski definition) is 1. The zero-order chi connectivity index (χ0) is 13.6. The van der Waals surface area contributed by atoms with Gasteiger partial charge in [-0.25, -0.2) is 0 Å². The van der Waals surface area contributed by atoms with Crippen molar-refractivity contribution in [2.24, 2.45) is 0 Å². The molecular weight excluding hydrogens is 243 g/mol. The molecule has 1 rings (SSSR count). The Bertz CT molecular complexity index is 237. The first kappa shape index (κ1) is 15.8. The fraction of sp³-hybridized carbons (Fsp3) is 1.00. The predicted octanol–water partition coefficient (Wildman–Crippen LogP) is 3.66. The Balaban J connectivity index is 2.45. The van der Waals surface area contributed by atoms with Crippen molar-refractivity contribution in [3.63, 3.8) is 0 Å². The van der Waals surface area contributed by atoms with Crippen LogP contribution in [0.3, 0.4) is 0 Å². The van der Waals surface area contributed by atoms with Crippen LogP contribution in [0.2, 0.25) is 0 Å². The molecule has 2 unspecified atom stereocenters. The first-order valence-corrected chi connectivity index (χ1v) is 6.81. The molecule has 0 bridgehead atoms. The maximum atomic E-state index is 12.2. The van der Waals surface area contributed by atoms with E-state index in [9.17, 15) is 13.2 Å². The summed E-state index contributed by atoms with van der Waals surface area (Å²) >= 11 is 0. The third-order valence-corrected chi connectivity index (χ3v) is 3.58. The molecule has 0 aromatic rings. The SMILES string of the molecule is CCCNC(CCCC(F)(F)F)C1(C)CCCO1. The molecule has 0 aromatic heterocycles. The molecule has 0 saturated carbocycles. The Labute approximate surface area is 107 Å². The summed E-state index contributed by atoms with van der Waals surface area (Å²) < 4.78 is 42.3. The highest BCUT2D eigenvalue weighted by Gasteiger charge is 2.38. The molecule has 1 fully saturated rings. The molecule has 18 heavy (non-hydrogen) atoms. The molecular formula is C13H24F3NO. The number of alkyl halides is 3. The van der Waals surface area contributed by atoms with E-state index < -0.39 is 12.6 Å². The van der Waals surface area contributed by atoms with Gasteiger partial charge in [-0.15, -0.1) is 0 Å². The quantitative estimate of drug-likeness (QED) is 0.760. The van der Waals surface area contributed by atoms with E-state index >= 15 is 0 Å². The second kappa shape index (κ2) is 6.75.